The van der Waals surface area contributed by atoms with E-state index in [1.807, 2.05) is 11.8 Å². The molecular weight excluding hydrogens is 324 g/mol. The van der Waals surface area contributed by atoms with Crippen molar-refractivity contribution >= 4 is 5.91 Å². The number of aromatic nitrogens is 2. The normalized spacial score (nSPS) is 23.5. The molecule has 2 aliphatic rings. The van der Waals surface area contributed by atoms with Crippen LogP contribution in [0, 0.1) is 12.3 Å². The van der Waals surface area contributed by atoms with Gasteiger partial charge in [-0.3, -0.25) is 9.69 Å². The van der Waals surface area contributed by atoms with E-state index in [1.165, 1.54) is 0 Å². The number of hydrogen-bond donors (Lipinski definition) is 0. The predicted octanol–water partition coefficient (Wildman–Crippen LogP) is 1.03. The number of aryl methyl sites for hydroxylation is 1. The number of ether oxygens (including phenoxy) is 2. The molecule has 0 saturated carbocycles. The summed E-state index contributed by atoms with van der Waals surface area (Å²) in [5.74, 6) is 1.46. The Morgan fingerprint density at radius 2 is 2.12 bits per heavy atom. The fourth-order valence-corrected chi connectivity index (χ4v) is 3.98. The van der Waals surface area contributed by atoms with Crippen molar-refractivity contribution in [2.24, 2.45) is 5.41 Å². The first-order valence-electron chi connectivity index (χ1n) is 8.88. The van der Waals surface area contributed by atoms with Gasteiger partial charge in [0.25, 0.3) is 0 Å². The number of likely N-dealkylation sites (tertiary alicyclic amines) is 2. The highest BCUT2D eigenvalue weighted by Gasteiger charge is 2.46. The smallest absolute Gasteiger partial charge is 0.248 e. The third-order valence-corrected chi connectivity index (χ3v) is 5.41. The predicted molar refractivity (Wildman–Crippen MR) is 90.0 cm³/mol. The first kappa shape index (κ1) is 18.3. The molecule has 0 bridgehead atoms. The molecule has 140 valence electrons. The van der Waals surface area contributed by atoms with Gasteiger partial charge in [-0.15, -0.1) is 0 Å². The molecule has 3 rings (SSSR count). The Balaban J connectivity index is 1.51. The van der Waals surface area contributed by atoms with E-state index in [-0.39, 0.29) is 24.0 Å². The van der Waals surface area contributed by atoms with Crippen LogP contribution in [0.5, 0.6) is 0 Å². The van der Waals surface area contributed by atoms with E-state index >= 15 is 0 Å². The zero-order chi connectivity index (χ0) is 17.9. The number of carbonyl (C=O) groups excluding carboxylic acids is 1. The monoisotopic (exact) mass is 352 g/mol. The van der Waals surface area contributed by atoms with Crippen molar-refractivity contribution in [1.29, 1.82) is 0 Å². The van der Waals surface area contributed by atoms with Crippen LogP contribution in [-0.4, -0.2) is 79.5 Å². The average Bonchev–Trinajstić information content (AvgIpc) is 3.16. The lowest BCUT2D eigenvalue weighted by molar-refractivity contribution is -0.138. The second-order valence-corrected chi connectivity index (χ2v) is 7.24. The lowest BCUT2D eigenvalue weighted by atomic mass is 9.76. The topological polar surface area (TPSA) is 80.9 Å². The molecule has 0 radical (unpaired) electrons. The Kier molecular flexibility index (Phi) is 5.71. The SMILES string of the molecule is COCCOCC(=O)N1CCC2(CC1)CC(c1nc(C)no1)N(C)C2. The maximum atomic E-state index is 12.2. The van der Waals surface area contributed by atoms with Crippen molar-refractivity contribution in [3.8, 4) is 0 Å². The van der Waals surface area contributed by atoms with Gasteiger partial charge in [-0.1, -0.05) is 5.16 Å². The van der Waals surface area contributed by atoms with Gasteiger partial charge < -0.3 is 18.9 Å². The van der Waals surface area contributed by atoms with Gasteiger partial charge in [-0.25, -0.2) is 0 Å². The van der Waals surface area contributed by atoms with Crippen LogP contribution in [0.3, 0.4) is 0 Å². The molecule has 0 N–H and O–H groups in total. The first-order chi connectivity index (χ1) is 12.0. The molecule has 1 aromatic rings. The van der Waals surface area contributed by atoms with Crippen LogP contribution in [-0.2, 0) is 14.3 Å². The van der Waals surface area contributed by atoms with Crippen molar-refractivity contribution in [2.45, 2.75) is 32.2 Å². The summed E-state index contributed by atoms with van der Waals surface area (Å²) >= 11 is 0. The highest BCUT2D eigenvalue weighted by molar-refractivity contribution is 5.77. The van der Waals surface area contributed by atoms with E-state index < -0.39 is 0 Å². The van der Waals surface area contributed by atoms with Crippen LogP contribution in [0.4, 0.5) is 0 Å². The van der Waals surface area contributed by atoms with Crippen LogP contribution in [0.15, 0.2) is 4.52 Å². The molecule has 8 heteroatoms. The van der Waals surface area contributed by atoms with E-state index in [4.69, 9.17) is 14.0 Å². The zero-order valence-corrected chi connectivity index (χ0v) is 15.4. The third-order valence-electron chi connectivity index (χ3n) is 5.41. The van der Waals surface area contributed by atoms with Crippen molar-refractivity contribution in [3.63, 3.8) is 0 Å². The van der Waals surface area contributed by atoms with Crippen molar-refractivity contribution in [2.75, 3.05) is 53.6 Å². The van der Waals surface area contributed by atoms with Crippen LogP contribution >= 0.6 is 0 Å². The molecule has 3 heterocycles. The quantitative estimate of drug-likeness (QED) is 0.707. The number of amides is 1. The molecule has 1 spiro atoms. The summed E-state index contributed by atoms with van der Waals surface area (Å²) in [6.07, 6.45) is 3.02. The molecule has 1 atom stereocenters. The average molecular weight is 352 g/mol. The standard InChI is InChI=1S/C17H28N4O4/c1-13-18-16(25-19-13)14-10-17(12-20(14)2)4-6-21(7-5-17)15(22)11-24-9-8-23-3/h14H,4-12H2,1-3H3. The molecule has 0 aliphatic carbocycles. The molecular formula is C17H28N4O4. The Morgan fingerprint density at radius 3 is 2.76 bits per heavy atom. The Bertz CT molecular complexity index is 583. The number of piperidine rings is 1. The van der Waals surface area contributed by atoms with E-state index in [1.54, 1.807) is 7.11 Å². The lowest BCUT2D eigenvalue weighted by Gasteiger charge is -2.39. The van der Waals surface area contributed by atoms with Gasteiger partial charge in [0.15, 0.2) is 5.82 Å². The summed E-state index contributed by atoms with van der Waals surface area (Å²) in [6, 6.07) is 0.181. The van der Waals surface area contributed by atoms with Crippen LogP contribution in [0.1, 0.15) is 37.0 Å². The number of nitrogens with zero attached hydrogens (tertiary/aromatic N) is 4. The number of rotatable bonds is 6. The largest absolute Gasteiger partial charge is 0.382 e. The summed E-state index contributed by atoms with van der Waals surface area (Å²) in [4.78, 5) is 20.9. The molecule has 1 unspecified atom stereocenters. The minimum absolute atomic E-state index is 0.0707. The zero-order valence-electron chi connectivity index (χ0n) is 15.4. The maximum absolute atomic E-state index is 12.2. The van der Waals surface area contributed by atoms with Gasteiger partial charge in [0.1, 0.15) is 6.61 Å². The van der Waals surface area contributed by atoms with Crippen LogP contribution in [0.2, 0.25) is 0 Å². The molecule has 2 saturated heterocycles. The molecule has 25 heavy (non-hydrogen) atoms. The van der Waals surface area contributed by atoms with Crippen LogP contribution < -0.4 is 0 Å². The molecule has 0 aromatic carbocycles. The van der Waals surface area contributed by atoms with Crippen molar-refractivity contribution in [1.82, 2.24) is 19.9 Å². The van der Waals surface area contributed by atoms with Gasteiger partial charge in [0.05, 0.1) is 19.3 Å². The van der Waals surface area contributed by atoms with Crippen molar-refractivity contribution < 1.29 is 18.8 Å². The van der Waals surface area contributed by atoms with Gasteiger partial charge >= 0.3 is 0 Å². The molecule has 1 amide bonds. The molecule has 2 aliphatic heterocycles. The lowest BCUT2D eigenvalue weighted by Crippen LogP contribution is -2.45. The second-order valence-electron chi connectivity index (χ2n) is 7.24. The van der Waals surface area contributed by atoms with E-state index in [9.17, 15) is 4.79 Å². The summed E-state index contributed by atoms with van der Waals surface area (Å²) in [5.41, 5.74) is 0.232. The van der Waals surface area contributed by atoms with Gasteiger partial charge in [-0.05, 0) is 38.6 Å². The summed E-state index contributed by atoms with van der Waals surface area (Å²) < 4.78 is 15.6. The highest BCUT2D eigenvalue weighted by Crippen LogP contribution is 2.47. The van der Waals surface area contributed by atoms with Crippen LogP contribution in [0.25, 0.3) is 0 Å². The van der Waals surface area contributed by atoms with Gasteiger partial charge in [0.2, 0.25) is 11.8 Å². The third kappa shape index (κ3) is 4.19. The van der Waals surface area contributed by atoms with E-state index in [2.05, 4.69) is 22.1 Å². The summed E-state index contributed by atoms with van der Waals surface area (Å²) in [5, 5.41) is 3.92. The Labute approximate surface area is 148 Å². The minimum atomic E-state index is 0.0707. The minimum Gasteiger partial charge on any atom is -0.382 e. The summed E-state index contributed by atoms with van der Waals surface area (Å²) in [6.45, 7) is 5.53. The Hall–Kier alpha value is -1.51. The summed E-state index contributed by atoms with van der Waals surface area (Å²) in [7, 11) is 3.73. The van der Waals surface area contributed by atoms with Gasteiger partial charge in [-0.2, -0.15) is 4.98 Å². The van der Waals surface area contributed by atoms with E-state index in [0.29, 0.717) is 24.9 Å². The number of methoxy groups -OCH3 is 1. The van der Waals surface area contributed by atoms with Gasteiger partial charge in [0, 0.05) is 26.7 Å². The molecule has 8 nitrogen and oxygen atoms in total. The first-order valence-corrected chi connectivity index (χ1v) is 8.88. The fraction of sp³-hybridized carbons (Fsp3) is 0.824. The number of carbonyl (C=O) groups is 1. The van der Waals surface area contributed by atoms with E-state index in [0.717, 1.165) is 38.9 Å². The second kappa shape index (κ2) is 7.80. The molecule has 1 aromatic heterocycles. The molecule has 2 fully saturated rings. The highest BCUT2D eigenvalue weighted by atomic mass is 16.5. The maximum Gasteiger partial charge on any atom is 0.248 e. The van der Waals surface area contributed by atoms with Crippen molar-refractivity contribution in [3.05, 3.63) is 11.7 Å². The number of hydrogen-bond acceptors (Lipinski definition) is 7. The Morgan fingerprint density at radius 1 is 1.36 bits per heavy atom. The fourth-order valence-electron chi connectivity index (χ4n) is 3.98.